The van der Waals surface area contributed by atoms with Gasteiger partial charge in [0.2, 0.25) is 0 Å². The number of ketones is 2. The first-order valence-electron chi connectivity index (χ1n) is 7.37. The van der Waals surface area contributed by atoms with Crippen molar-refractivity contribution in [3.8, 4) is 5.75 Å². The number of fused-ring (bicyclic) bond motifs is 3. The summed E-state index contributed by atoms with van der Waals surface area (Å²) in [7, 11) is 0. The molecule has 1 unspecified atom stereocenters. The number of aliphatic hydroxyl groups is 1. The van der Waals surface area contributed by atoms with E-state index in [1.165, 1.54) is 13.0 Å². The van der Waals surface area contributed by atoms with Crippen molar-refractivity contribution in [1.82, 2.24) is 0 Å². The summed E-state index contributed by atoms with van der Waals surface area (Å²) in [5.41, 5.74) is -0.0229. The summed E-state index contributed by atoms with van der Waals surface area (Å²) in [6.45, 7) is 6.19. The van der Waals surface area contributed by atoms with Gasteiger partial charge in [-0.15, -0.1) is 0 Å². The van der Waals surface area contributed by atoms with Gasteiger partial charge in [0.25, 0.3) is 0 Å². The smallest absolute Gasteiger partial charge is 0.339 e. The summed E-state index contributed by atoms with van der Waals surface area (Å²) in [5.74, 6) is -2.54. The Hall–Kier alpha value is -2.89. The number of carboxylic acid groups (broad SMARTS) is 1. The van der Waals surface area contributed by atoms with E-state index >= 15 is 0 Å². The van der Waals surface area contributed by atoms with Crippen molar-refractivity contribution < 1.29 is 29.3 Å². The fourth-order valence-electron chi connectivity index (χ4n) is 3.58. The van der Waals surface area contributed by atoms with Crippen LogP contribution in [0.3, 0.4) is 0 Å². The lowest BCUT2D eigenvalue weighted by atomic mass is 9.70. The molecule has 0 amide bonds. The normalized spacial score (nSPS) is 21.8. The maximum atomic E-state index is 13.0. The van der Waals surface area contributed by atoms with Crippen molar-refractivity contribution in [2.24, 2.45) is 0 Å². The number of Topliss-reactive ketones (excluding diaryl/α,β-unsaturated/α-hetero) is 2. The molecule has 1 aromatic carbocycles. The maximum absolute atomic E-state index is 13.0. The predicted octanol–water partition coefficient (Wildman–Crippen LogP) is 2.52. The molecule has 1 aliphatic carbocycles. The van der Waals surface area contributed by atoms with Crippen LogP contribution in [0.4, 0.5) is 0 Å². The molecule has 6 nitrogen and oxygen atoms in total. The first-order chi connectivity index (χ1) is 11.1. The summed E-state index contributed by atoms with van der Waals surface area (Å²) in [5, 5.41) is 19.5. The molecular weight excluding hydrogens is 312 g/mol. The number of hydrogen-bond acceptors (Lipinski definition) is 5. The molecule has 0 aromatic heterocycles. The number of aromatic carboxylic acids is 1. The fourth-order valence-corrected chi connectivity index (χ4v) is 3.58. The van der Waals surface area contributed by atoms with E-state index in [0.29, 0.717) is 16.7 Å². The highest BCUT2D eigenvalue weighted by atomic mass is 16.5. The number of ether oxygens (including phenoxy) is 1. The molecule has 0 bridgehead atoms. The molecule has 1 atom stereocenters. The summed E-state index contributed by atoms with van der Waals surface area (Å²) >= 11 is 0. The van der Waals surface area contributed by atoms with Gasteiger partial charge in [0.1, 0.15) is 33.8 Å². The predicted molar refractivity (Wildman–Crippen MR) is 84.3 cm³/mol. The van der Waals surface area contributed by atoms with Crippen LogP contribution in [-0.2, 0) is 15.0 Å². The average Bonchev–Trinajstić information content (AvgIpc) is 2.72. The molecule has 3 rings (SSSR count). The molecular formula is C18H16O6. The molecule has 6 heteroatoms. The summed E-state index contributed by atoms with van der Waals surface area (Å²) < 4.78 is 5.69. The number of aliphatic hydroxyl groups excluding tert-OH is 1. The highest BCUT2D eigenvalue weighted by Crippen LogP contribution is 2.53. The third-order valence-corrected chi connectivity index (χ3v) is 4.65. The Morgan fingerprint density at radius 1 is 1.21 bits per heavy atom. The summed E-state index contributed by atoms with van der Waals surface area (Å²) in [6.07, 6.45) is 1.22. The van der Waals surface area contributed by atoms with Gasteiger partial charge in [0, 0.05) is 11.6 Å². The lowest BCUT2D eigenvalue weighted by Crippen LogP contribution is -2.39. The van der Waals surface area contributed by atoms with Crippen molar-refractivity contribution >= 4 is 17.5 Å². The maximum Gasteiger partial charge on any atom is 0.339 e. The van der Waals surface area contributed by atoms with E-state index in [-0.39, 0.29) is 22.6 Å². The number of carbonyl (C=O) groups is 3. The lowest BCUT2D eigenvalue weighted by Gasteiger charge is -2.28. The molecule has 1 aromatic rings. The second kappa shape index (κ2) is 4.80. The van der Waals surface area contributed by atoms with Crippen LogP contribution in [0.15, 0.2) is 29.2 Å². The topological polar surface area (TPSA) is 101 Å². The minimum Gasteiger partial charge on any atom is -0.507 e. The van der Waals surface area contributed by atoms with E-state index in [0.717, 1.165) is 0 Å². The van der Waals surface area contributed by atoms with E-state index in [2.05, 4.69) is 0 Å². The summed E-state index contributed by atoms with van der Waals surface area (Å²) in [6, 6.07) is 1.68. The molecule has 124 valence electrons. The highest BCUT2D eigenvalue weighted by Gasteiger charge is 2.54. The number of allylic oxidation sites excluding steroid dienone is 3. The van der Waals surface area contributed by atoms with E-state index in [9.17, 15) is 24.6 Å². The summed E-state index contributed by atoms with van der Waals surface area (Å²) in [4.78, 5) is 36.4. The van der Waals surface area contributed by atoms with Gasteiger partial charge in [0.05, 0.1) is 0 Å². The van der Waals surface area contributed by atoms with Crippen molar-refractivity contribution in [1.29, 1.82) is 0 Å². The Balaban J connectivity index is 2.37. The third-order valence-electron chi connectivity index (χ3n) is 4.65. The van der Waals surface area contributed by atoms with Crippen LogP contribution < -0.4 is 4.74 Å². The number of carbonyl (C=O) groups excluding carboxylic acids is 2. The zero-order valence-electron chi connectivity index (χ0n) is 13.7. The largest absolute Gasteiger partial charge is 0.507 e. The fraction of sp³-hybridized carbons (Fsp3) is 0.278. The zero-order chi connectivity index (χ0) is 18.0. The van der Waals surface area contributed by atoms with Crippen molar-refractivity contribution in [2.75, 3.05) is 0 Å². The number of hydrogen-bond donors (Lipinski definition) is 2. The zero-order valence-corrected chi connectivity index (χ0v) is 13.7. The molecule has 2 N–H and O–H groups in total. The number of aryl methyl sites for hydroxylation is 2. The first kappa shape index (κ1) is 16.0. The molecule has 0 saturated heterocycles. The van der Waals surface area contributed by atoms with Crippen molar-refractivity contribution in [3.63, 3.8) is 0 Å². The van der Waals surface area contributed by atoms with Crippen LogP contribution in [-0.4, -0.2) is 27.7 Å². The Kier molecular flexibility index (Phi) is 3.20. The van der Waals surface area contributed by atoms with Crippen LogP contribution in [0, 0.1) is 13.8 Å². The lowest BCUT2D eigenvalue weighted by molar-refractivity contribution is -0.123. The van der Waals surface area contributed by atoms with E-state index in [4.69, 9.17) is 4.74 Å². The first-order valence-corrected chi connectivity index (χ1v) is 7.37. The highest BCUT2D eigenvalue weighted by molar-refractivity contribution is 6.25. The van der Waals surface area contributed by atoms with Crippen LogP contribution >= 0.6 is 0 Å². The molecule has 2 aliphatic rings. The molecule has 0 fully saturated rings. The molecule has 0 saturated carbocycles. The van der Waals surface area contributed by atoms with Gasteiger partial charge in [-0.25, -0.2) is 4.79 Å². The number of carboxylic acids is 1. The van der Waals surface area contributed by atoms with E-state index in [1.54, 1.807) is 26.8 Å². The molecule has 1 heterocycles. The van der Waals surface area contributed by atoms with Gasteiger partial charge in [-0.3, -0.25) is 9.59 Å². The van der Waals surface area contributed by atoms with Gasteiger partial charge < -0.3 is 14.9 Å². The monoisotopic (exact) mass is 328 g/mol. The Morgan fingerprint density at radius 2 is 1.83 bits per heavy atom. The minimum absolute atomic E-state index is 0.0243. The van der Waals surface area contributed by atoms with Crippen LogP contribution in [0.5, 0.6) is 5.75 Å². The second-order valence-electron chi connectivity index (χ2n) is 6.28. The van der Waals surface area contributed by atoms with E-state index < -0.39 is 28.7 Å². The van der Waals surface area contributed by atoms with Gasteiger partial charge >= 0.3 is 5.97 Å². The Bertz CT molecular complexity index is 903. The SMILES string of the molecule is CC(=O)C1=C(O)C=C2Oc3c(C(=O)O)c(C)cc(C)c3C2(C)C1=O. The molecule has 1 aliphatic heterocycles. The van der Waals surface area contributed by atoms with Crippen LogP contribution in [0.2, 0.25) is 0 Å². The minimum atomic E-state index is -1.33. The van der Waals surface area contributed by atoms with E-state index in [1.807, 2.05) is 0 Å². The number of rotatable bonds is 2. The van der Waals surface area contributed by atoms with Gasteiger partial charge in [0.15, 0.2) is 11.6 Å². The molecule has 0 radical (unpaired) electrons. The standard InChI is InChI=1S/C18H16O6/c1-7-5-8(2)14-15(12(7)17(22)23)24-11-6-10(20)13(9(3)19)16(21)18(11,14)4/h5-6,20H,1-4H3,(H,22,23). The quantitative estimate of drug-likeness (QED) is 0.809. The van der Waals surface area contributed by atoms with Crippen LogP contribution in [0.1, 0.15) is 40.9 Å². The average molecular weight is 328 g/mol. The van der Waals surface area contributed by atoms with Gasteiger partial charge in [-0.05, 0) is 38.8 Å². The second-order valence-corrected chi connectivity index (χ2v) is 6.28. The molecule has 0 spiro atoms. The third kappa shape index (κ3) is 1.79. The van der Waals surface area contributed by atoms with Gasteiger partial charge in [-0.2, -0.15) is 0 Å². The van der Waals surface area contributed by atoms with Crippen LogP contribution in [0.25, 0.3) is 0 Å². The van der Waals surface area contributed by atoms with Crippen molar-refractivity contribution in [3.05, 3.63) is 51.5 Å². The number of benzene rings is 1. The molecule has 24 heavy (non-hydrogen) atoms. The Morgan fingerprint density at radius 3 is 2.38 bits per heavy atom. The Labute approximate surface area is 138 Å². The van der Waals surface area contributed by atoms with Gasteiger partial charge in [-0.1, -0.05) is 6.07 Å². The van der Waals surface area contributed by atoms with Crippen molar-refractivity contribution in [2.45, 2.75) is 33.1 Å².